The van der Waals surface area contributed by atoms with Crippen molar-refractivity contribution in [3.63, 3.8) is 0 Å². The van der Waals surface area contributed by atoms with E-state index in [9.17, 15) is 18.8 Å². The molecule has 0 bridgehead atoms. The summed E-state index contributed by atoms with van der Waals surface area (Å²) in [6, 6.07) is 12.4. The molecule has 3 N–H and O–H groups in total. The van der Waals surface area contributed by atoms with Crippen molar-refractivity contribution in [2.24, 2.45) is 0 Å². The number of carboxylic acid groups (broad SMARTS) is 1. The van der Waals surface area contributed by atoms with Gasteiger partial charge in [0.2, 0.25) is 0 Å². The lowest BCUT2D eigenvalue weighted by Crippen LogP contribution is -2.27. The van der Waals surface area contributed by atoms with Gasteiger partial charge in [-0.1, -0.05) is 24.3 Å². The Balaban J connectivity index is 1.54. The molecule has 33 heavy (non-hydrogen) atoms. The fourth-order valence-corrected chi connectivity index (χ4v) is 2.82. The van der Waals surface area contributed by atoms with Crippen LogP contribution in [-0.2, 0) is 17.9 Å². The second kappa shape index (κ2) is 10.8. The molecule has 0 radical (unpaired) electrons. The summed E-state index contributed by atoms with van der Waals surface area (Å²) < 4.78 is 18.4. The zero-order valence-electron chi connectivity index (χ0n) is 17.7. The highest BCUT2D eigenvalue weighted by Gasteiger charge is 2.13. The molecule has 3 rings (SSSR count). The molecule has 1 aromatic heterocycles. The SMILES string of the molecule is Cc1cc(CNC(=O)c2cc(C(=O)NCc3ccc(OCC(=O)O)cc3)ncn2)ccc1F. The van der Waals surface area contributed by atoms with Crippen LogP contribution in [0.2, 0.25) is 0 Å². The van der Waals surface area contributed by atoms with Gasteiger partial charge in [-0.05, 0) is 41.8 Å². The van der Waals surface area contributed by atoms with Crippen molar-refractivity contribution >= 4 is 17.8 Å². The number of nitrogens with one attached hydrogen (secondary N) is 2. The topological polar surface area (TPSA) is 131 Å². The van der Waals surface area contributed by atoms with Gasteiger partial charge in [-0.2, -0.15) is 0 Å². The van der Waals surface area contributed by atoms with E-state index in [-0.39, 0.29) is 30.3 Å². The highest BCUT2D eigenvalue weighted by atomic mass is 19.1. The Kier molecular flexibility index (Phi) is 7.64. The van der Waals surface area contributed by atoms with Crippen LogP contribution in [0, 0.1) is 12.7 Å². The summed E-state index contributed by atoms with van der Waals surface area (Å²) in [7, 11) is 0. The van der Waals surface area contributed by atoms with Gasteiger partial charge in [0.05, 0.1) is 0 Å². The van der Waals surface area contributed by atoms with Crippen LogP contribution in [0.25, 0.3) is 0 Å². The third-order valence-corrected chi connectivity index (χ3v) is 4.55. The lowest BCUT2D eigenvalue weighted by Gasteiger charge is -2.08. The van der Waals surface area contributed by atoms with Crippen LogP contribution in [0.4, 0.5) is 4.39 Å². The van der Waals surface area contributed by atoms with Crippen LogP contribution in [0.5, 0.6) is 5.75 Å². The van der Waals surface area contributed by atoms with Gasteiger partial charge in [-0.15, -0.1) is 0 Å². The number of aliphatic carboxylic acids is 1. The maximum absolute atomic E-state index is 13.4. The van der Waals surface area contributed by atoms with Gasteiger partial charge in [-0.25, -0.2) is 19.2 Å². The number of hydrogen-bond donors (Lipinski definition) is 3. The van der Waals surface area contributed by atoms with E-state index in [1.54, 1.807) is 43.3 Å². The zero-order valence-corrected chi connectivity index (χ0v) is 17.7. The molecule has 0 saturated heterocycles. The number of halogens is 1. The lowest BCUT2D eigenvalue weighted by atomic mass is 10.1. The Labute approximate surface area is 188 Å². The van der Waals surface area contributed by atoms with E-state index in [2.05, 4.69) is 20.6 Å². The van der Waals surface area contributed by atoms with Crippen molar-refractivity contribution in [2.45, 2.75) is 20.0 Å². The molecular formula is C23H21FN4O5. The van der Waals surface area contributed by atoms with Crippen molar-refractivity contribution in [1.82, 2.24) is 20.6 Å². The molecule has 9 nitrogen and oxygen atoms in total. The first-order valence-corrected chi connectivity index (χ1v) is 9.89. The minimum Gasteiger partial charge on any atom is -0.482 e. The first-order chi connectivity index (χ1) is 15.8. The fraction of sp³-hybridized carbons (Fsp3) is 0.174. The largest absolute Gasteiger partial charge is 0.482 e. The Bertz CT molecular complexity index is 1170. The number of carbonyl (C=O) groups is 3. The van der Waals surface area contributed by atoms with Gasteiger partial charge in [0.25, 0.3) is 11.8 Å². The number of rotatable bonds is 9. The minimum atomic E-state index is -1.07. The molecule has 1 heterocycles. The molecule has 2 amide bonds. The molecule has 0 unspecified atom stereocenters. The number of aromatic nitrogens is 2. The predicted molar refractivity (Wildman–Crippen MR) is 115 cm³/mol. The highest BCUT2D eigenvalue weighted by molar-refractivity contribution is 5.97. The van der Waals surface area contributed by atoms with Crippen molar-refractivity contribution < 1.29 is 28.6 Å². The van der Waals surface area contributed by atoms with Gasteiger partial charge in [0.1, 0.15) is 29.3 Å². The summed E-state index contributed by atoms with van der Waals surface area (Å²) in [6.07, 6.45) is 1.13. The lowest BCUT2D eigenvalue weighted by molar-refractivity contribution is -0.139. The summed E-state index contributed by atoms with van der Waals surface area (Å²) in [5.41, 5.74) is 2.01. The number of benzene rings is 2. The third kappa shape index (κ3) is 6.82. The Morgan fingerprint density at radius 3 is 2.06 bits per heavy atom. The smallest absolute Gasteiger partial charge is 0.341 e. The number of amides is 2. The van der Waals surface area contributed by atoms with Gasteiger partial charge < -0.3 is 20.5 Å². The van der Waals surface area contributed by atoms with E-state index in [4.69, 9.17) is 9.84 Å². The van der Waals surface area contributed by atoms with Crippen LogP contribution in [0.15, 0.2) is 54.9 Å². The van der Waals surface area contributed by atoms with E-state index in [1.165, 1.54) is 12.1 Å². The molecule has 0 saturated carbocycles. The van der Waals surface area contributed by atoms with Crippen LogP contribution < -0.4 is 15.4 Å². The Morgan fingerprint density at radius 2 is 1.48 bits per heavy atom. The van der Waals surface area contributed by atoms with Crippen molar-refractivity contribution in [1.29, 1.82) is 0 Å². The predicted octanol–water partition coefficient (Wildman–Crippen LogP) is 2.25. The average molecular weight is 452 g/mol. The van der Waals surface area contributed by atoms with E-state index in [0.29, 0.717) is 11.3 Å². The normalized spacial score (nSPS) is 10.4. The Morgan fingerprint density at radius 1 is 0.909 bits per heavy atom. The van der Waals surface area contributed by atoms with Gasteiger partial charge in [-0.3, -0.25) is 9.59 Å². The second-order valence-corrected chi connectivity index (χ2v) is 7.06. The molecule has 0 aliphatic heterocycles. The number of hydrogen-bond acceptors (Lipinski definition) is 6. The minimum absolute atomic E-state index is 0.0221. The third-order valence-electron chi connectivity index (χ3n) is 4.55. The van der Waals surface area contributed by atoms with Crippen molar-refractivity contribution in [3.8, 4) is 5.75 Å². The van der Waals surface area contributed by atoms with Gasteiger partial charge in [0.15, 0.2) is 6.61 Å². The number of carbonyl (C=O) groups excluding carboxylic acids is 2. The summed E-state index contributed by atoms with van der Waals surface area (Å²) in [5.74, 6) is -1.99. The van der Waals surface area contributed by atoms with E-state index in [0.717, 1.165) is 17.5 Å². The quantitative estimate of drug-likeness (QED) is 0.454. The molecule has 0 fully saturated rings. The highest BCUT2D eigenvalue weighted by Crippen LogP contribution is 2.12. The van der Waals surface area contributed by atoms with Gasteiger partial charge >= 0.3 is 5.97 Å². The monoisotopic (exact) mass is 452 g/mol. The first-order valence-electron chi connectivity index (χ1n) is 9.89. The average Bonchev–Trinajstić information content (AvgIpc) is 2.82. The summed E-state index contributed by atoms with van der Waals surface area (Å²) >= 11 is 0. The standard InChI is InChI=1S/C23H21FN4O5/c1-14-8-16(4-7-18(14)24)11-26-23(32)20-9-19(27-13-28-20)22(31)25-10-15-2-5-17(6-3-15)33-12-21(29)30/h2-9,13H,10-12H2,1H3,(H,25,31)(H,26,32)(H,29,30). The van der Waals surface area contributed by atoms with Crippen LogP contribution in [0.3, 0.4) is 0 Å². The molecule has 0 aliphatic carbocycles. The Hall–Kier alpha value is -4.34. The molecule has 3 aromatic rings. The van der Waals surface area contributed by atoms with Crippen LogP contribution >= 0.6 is 0 Å². The number of nitrogens with zero attached hydrogens (tertiary/aromatic N) is 2. The summed E-state index contributed by atoms with van der Waals surface area (Å²) in [4.78, 5) is 43.2. The molecular weight excluding hydrogens is 431 g/mol. The fourth-order valence-electron chi connectivity index (χ4n) is 2.82. The number of ether oxygens (including phenoxy) is 1. The number of carboxylic acids is 1. The van der Waals surface area contributed by atoms with Gasteiger partial charge in [0, 0.05) is 19.2 Å². The molecule has 2 aromatic carbocycles. The molecule has 0 atom stereocenters. The molecule has 0 aliphatic rings. The zero-order chi connectivity index (χ0) is 23.8. The maximum Gasteiger partial charge on any atom is 0.341 e. The molecule has 10 heteroatoms. The summed E-state index contributed by atoms with van der Waals surface area (Å²) in [6.45, 7) is 1.56. The van der Waals surface area contributed by atoms with Crippen LogP contribution in [-0.4, -0.2) is 39.5 Å². The molecule has 170 valence electrons. The van der Waals surface area contributed by atoms with E-state index < -0.39 is 24.4 Å². The molecule has 0 spiro atoms. The summed E-state index contributed by atoms with van der Waals surface area (Å²) in [5, 5.41) is 14.0. The van der Waals surface area contributed by atoms with Crippen molar-refractivity contribution in [2.75, 3.05) is 6.61 Å². The van der Waals surface area contributed by atoms with E-state index >= 15 is 0 Å². The van der Waals surface area contributed by atoms with Crippen molar-refractivity contribution in [3.05, 3.63) is 88.8 Å². The van der Waals surface area contributed by atoms with Crippen LogP contribution in [0.1, 0.15) is 37.7 Å². The first kappa shape index (κ1) is 23.3. The second-order valence-electron chi connectivity index (χ2n) is 7.06. The maximum atomic E-state index is 13.4. The number of aryl methyl sites for hydroxylation is 1. The van der Waals surface area contributed by atoms with E-state index in [1.807, 2.05) is 0 Å².